The molecule has 0 aromatic rings. The summed E-state index contributed by atoms with van der Waals surface area (Å²) in [6.45, 7) is 9.35. The molecule has 18 heavy (non-hydrogen) atoms. The second-order valence-electron chi connectivity index (χ2n) is 4.00. The predicted octanol–water partition coefficient (Wildman–Crippen LogP) is -2.01. The average Bonchev–Trinajstić information content (AvgIpc) is 2.15. The molecule has 104 valence electrons. The van der Waals surface area contributed by atoms with E-state index >= 15 is 0 Å². The minimum atomic E-state index is -0.450. The van der Waals surface area contributed by atoms with E-state index in [0.29, 0.717) is 26.4 Å². The van der Waals surface area contributed by atoms with Crippen molar-refractivity contribution >= 4 is 28.8 Å². The van der Waals surface area contributed by atoms with Gasteiger partial charge >= 0.3 is 23.1 Å². The molecule has 1 N–H and O–H groups in total. The molecule has 0 bridgehead atoms. The van der Waals surface area contributed by atoms with Crippen LogP contribution in [0.25, 0.3) is 0 Å². The molecular weight excluding hydrogens is 312 g/mol. The molecule has 6 heteroatoms. The second kappa shape index (κ2) is 14.2. The number of aliphatic hydroxyl groups is 1. The average molecular weight is 336 g/mol. The molecule has 2 aliphatic rings. The van der Waals surface area contributed by atoms with Gasteiger partial charge in [0, 0.05) is 0 Å². The predicted molar refractivity (Wildman–Crippen MR) is 67.9 cm³/mol. The van der Waals surface area contributed by atoms with Gasteiger partial charge in [-0.25, -0.2) is 0 Å². The zero-order chi connectivity index (χ0) is 12.4. The van der Waals surface area contributed by atoms with E-state index in [0.717, 1.165) is 19.3 Å². The number of rotatable bonds is 2. The Hall–Kier alpha value is 0.796. The van der Waals surface area contributed by atoms with Gasteiger partial charge in [-0.3, -0.25) is 4.79 Å². The van der Waals surface area contributed by atoms with Crippen LogP contribution in [0.5, 0.6) is 0 Å². The number of hydrogen-bond donors (Lipinski definition) is 1. The molecule has 0 aromatic carbocycles. The van der Waals surface area contributed by atoms with Gasteiger partial charge in [0.25, 0.3) is 0 Å². The van der Waals surface area contributed by atoms with Gasteiger partial charge in [-0.15, -0.1) is 0 Å². The molecule has 2 heterocycles. The molecule has 0 saturated carbocycles. The molecule has 0 aromatic heterocycles. The summed E-state index contributed by atoms with van der Waals surface area (Å²) in [5.41, 5.74) is -0.450. The van der Waals surface area contributed by atoms with E-state index in [4.69, 9.17) is 4.74 Å². The van der Waals surface area contributed by atoms with Crippen molar-refractivity contribution in [3.8, 4) is 0 Å². The SMILES string of the molecule is CCCC1(O)COC1.O=C1COC1.[Br-].[CH2-]CC.[Mg+2]. The number of Topliss-reactive ketones (excluding diaryl/α,β-unsaturated/α-hetero) is 1. The Morgan fingerprint density at radius 1 is 1.28 bits per heavy atom. The van der Waals surface area contributed by atoms with Crippen molar-refractivity contribution in [1.82, 2.24) is 0 Å². The molecular formula is C12H23BrMgO4. The molecule has 0 aliphatic carbocycles. The topological polar surface area (TPSA) is 55.8 Å². The summed E-state index contributed by atoms with van der Waals surface area (Å²) in [7, 11) is 0. The monoisotopic (exact) mass is 334 g/mol. The third-order valence-corrected chi connectivity index (χ3v) is 1.98. The summed E-state index contributed by atoms with van der Waals surface area (Å²) >= 11 is 0. The van der Waals surface area contributed by atoms with Crippen LogP contribution in [0.4, 0.5) is 0 Å². The van der Waals surface area contributed by atoms with E-state index in [1.165, 1.54) is 0 Å². The van der Waals surface area contributed by atoms with Crippen LogP contribution in [0.2, 0.25) is 0 Å². The maximum absolute atomic E-state index is 9.77. The van der Waals surface area contributed by atoms with Gasteiger partial charge in [-0.2, -0.15) is 6.42 Å². The molecule has 4 nitrogen and oxygen atoms in total. The van der Waals surface area contributed by atoms with Crippen molar-refractivity contribution in [2.24, 2.45) is 0 Å². The Morgan fingerprint density at radius 3 is 1.72 bits per heavy atom. The Morgan fingerprint density at radius 2 is 1.67 bits per heavy atom. The van der Waals surface area contributed by atoms with Crippen LogP contribution in [0, 0.1) is 6.92 Å². The quantitative estimate of drug-likeness (QED) is 0.468. The Kier molecular flexibility index (Phi) is 18.8. The van der Waals surface area contributed by atoms with Crippen molar-refractivity contribution in [3.05, 3.63) is 6.92 Å². The molecule has 2 aliphatic heterocycles. The first-order chi connectivity index (χ1) is 7.58. The molecule has 2 saturated heterocycles. The van der Waals surface area contributed by atoms with E-state index in [2.05, 4.69) is 18.6 Å². The third-order valence-electron chi connectivity index (χ3n) is 1.98. The fourth-order valence-corrected chi connectivity index (χ4v) is 1.13. The zero-order valence-electron chi connectivity index (χ0n) is 11.4. The molecule has 0 atom stereocenters. The standard InChI is InChI=1S/C6H12O2.C3H4O2.C3H7.BrH.Mg/c1-2-3-6(7)4-8-5-6;4-3-1-5-2-3;1-3-2;;/h7H,2-5H2,1H3;1-2H2;1,3H2,2H3;1H;/q;;-1;;+2/p-1. The van der Waals surface area contributed by atoms with E-state index in [-0.39, 0.29) is 45.8 Å². The van der Waals surface area contributed by atoms with E-state index < -0.39 is 5.60 Å². The largest absolute Gasteiger partial charge is 2.00 e. The first kappa shape index (κ1) is 23.9. The summed E-state index contributed by atoms with van der Waals surface area (Å²) < 4.78 is 9.33. The van der Waals surface area contributed by atoms with Crippen molar-refractivity contribution < 1.29 is 36.4 Å². The van der Waals surface area contributed by atoms with E-state index in [1.807, 2.05) is 6.92 Å². The number of ether oxygens (including phenoxy) is 2. The van der Waals surface area contributed by atoms with Crippen LogP contribution in [0.3, 0.4) is 0 Å². The Labute approximate surface area is 137 Å². The third kappa shape index (κ3) is 11.9. The molecule has 2 fully saturated rings. The summed E-state index contributed by atoms with van der Waals surface area (Å²) in [6, 6.07) is 0. The van der Waals surface area contributed by atoms with Crippen LogP contribution >= 0.6 is 0 Å². The van der Waals surface area contributed by atoms with Gasteiger partial charge in [0.1, 0.15) is 18.8 Å². The van der Waals surface area contributed by atoms with Crippen LogP contribution in [-0.2, 0) is 14.3 Å². The van der Waals surface area contributed by atoms with Gasteiger partial charge in [-0.05, 0) is 6.42 Å². The number of hydrogen-bond acceptors (Lipinski definition) is 4. The van der Waals surface area contributed by atoms with Crippen molar-refractivity contribution in [1.29, 1.82) is 0 Å². The minimum Gasteiger partial charge on any atom is -1.00 e. The van der Waals surface area contributed by atoms with Crippen LogP contribution in [-0.4, -0.2) is 66.0 Å². The maximum atomic E-state index is 9.77. The van der Waals surface area contributed by atoms with E-state index in [9.17, 15) is 9.90 Å². The first-order valence-corrected chi connectivity index (χ1v) is 5.76. The van der Waals surface area contributed by atoms with Crippen molar-refractivity contribution in [2.45, 2.75) is 38.7 Å². The smallest absolute Gasteiger partial charge is 1.00 e. The van der Waals surface area contributed by atoms with Crippen LogP contribution < -0.4 is 17.0 Å². The van der Waals surface area contributed by atoms with Gasteiger partial charge in [0.15, 0.2) is 5.78 Å². The summed E-state index contributed by atoms with van der Waals surface area (Å²) in [4.78, 5) is 9.77. The number of halogens is 1. The van der Waals surface area contributed by atoms with E-state index in [1.54, 1.807) is 0 Å². The Bertz CT molecular complexity index is 193. The maximum Gasteiger partial charge on any atom is 2.00 e. The summed E-state index contributed by atoms with van der Waals surface area (Å²) in [6.07, 6.45) is 2.92. The number of carbonyl (C=O) groups is 1. The number of ketones is 1. The molecule has 0 amide bonds. The van der Waals surface area contributed by atoms with Gasteiger partial charge in [0.2, 0.25) is 0 Å². The van der Waals surface area contributed by atoms with Crippen LogP contribution in [0.1, 0.15) is 33.1 Å². The second-order valence-corrected chi connectivity index (χ2v) is 4.00. The van der Waals surface area contributed by atoms with Gasteiger partial charge in [0.05, 0.1) is 13.2 Å². The van der Waals surface area contributed by atoms with Gasteiger partial charge in [-0.1, -0.05) is 20.3 Å². The van der Waals surface area contributed by atoms with Crippen molar-refractivity contribution in [3.63, 3.8) is 0 Å². The fraction of sp³-hybridized carbons (Fsp3) is 0.833. The molecule has 2 rings (SSSR count). The molecule has 0 radical (unpaired) electrons. The Balaban J connectivity index is -0.000000198. The summed E-state index contributed by atoms with van der Waals surface area (Å²) in [5.74, 6) is 0.213. The fourth-order valence-electron chi connectivity index (χ4n) is 1.13. The van der Waals surface area contributed by atoms with Crippen LogP contribution in [0.15, 0.2) is 0 Å². The normalized spacial score (nSPS) is 18.1. The molecule has 0 spiro atoms. The summed E-state index contributed by atoms with van der Waals surface area (Å²) in [5, 5.41) is 9.28. The number of carbonyl (C=O) groups excluding carboxylic acids is 1. The van der Waals surface area contributed by atoms with Gasteiger partial charge < -0.3 is 38.5 Å². The molecule has 0 unspecified atom stereocenters. The zero-order valence-corrected chi connectivity index (χ0v) is 14.4. The minimum absolute atomic E-state index is 0. The first-order valence-electron chi connectivity index (χ1n) is 5.76. The van der Waals surface area contributed by atoms with Crippen molar-refractivity contribution in [2.75, 3.05) is 26.4 Å².